The first kappa shape index (κ1) is 24.3. The molecule has 1 heterocycles. The van der Waals surface area contributed by atoms with Crippen LogP contribution in [0.2, 0.25) is 0 Å². The number of carbonyl (C=O) groups excluding carboxylic acids is 4. The van der Waals surface area contributed by atoms with Crippen LogP contribution in [0.5, 0.6) is 0 Å². The van der Waals surface area contributed by atoms with E-state index in [2.05, 4.69) is 10.6 Å². The van der Waals surface area contributed by atoms with Gasteiger partial charge in [-0.3, -0.25) is 19.2 Å². The Morgan fingerprint density at radius 2 is 1.90 bits per heavy atom. The molecule has 0 aromatic heterocycles. The largest absolute Gasteiger partial charge is 0.466 e. The number of hydrogen-bond acceptors (Lipinski definition) is 7. The smallest absolute Gasteiger partial charge is 0.308 e. The van der Waals surface area contributed by atoms with Crippen LogP contribution in [0.3, 0.4) is 0 Å². The standard InChI is InChI=1S/C21H27N3O6S/c1-2-29-18(26)9-8-17(25)23-21(31)24-12-11-22-20(28)16(24)14-19(27)30-13-10-15-6-4-3-5-7-15/h3-7,16H,2,8-14H2,1H3,(H,22,28)(H,23,25,31)/t16-/m0/s1. The molecule has 2 N–H and O–H groups in total. The second-order valence-corrected chi connectivity index (χ2v) is 7.21. The van der Waals surface area contributed by atoms with E-state index in [4.69, 9.17) is 21.7 Å². The van der Waals surface area contributed by atoms with Crippen molar-refractivity contribution in [3.8, 4) is 0 Å². The topological polar surface area (TPSA) is 114 Å². The van der Waals surface area contributed by atoms with Crippen molar-refractivity contribution in [2.75, 3.05) is 26.3 Å². The van der Waals surface area contributed by atoms with Crippen molar-refractivity contribution >= 4 is 41.1 Å². The van der Waals surface area contributed by atoms with Crippen molar-refractivity contribution in [3.63, 3.8) is 0 Å². The SMILES string of the molecule is CCOC(=O)CCC(=O)NC(=S)N1CCNC(=O)[C@@H]1CC(=O)OCCc1ccccc1. The third-order valence-corrected chi connectivity index (χ3v) is 4.89. The Bertz CT molecular complexity index is 802. The van der Waals surface area contributed by atoms with E-state index in [1.54, 1.807) is 6.92 Å². The zero-order valence-corrected chi connectivity index (χ0v) is 18.2. The van der Waals surface area contributed by atoms with Crippen molar-refractivity contribution in [2.45, 2.75) is 38.6 Å². The summed E-state index contributed by atoms with van der Waals surface area (Å²) < 4.78 is 10.0. The van der Waals surface area contributed by atoms with Crippen molar-refractivity contribution < 1.29 is 28.7 Å². The minimum absolute atomic E-state index is 0.0331. The molecule has 1 aliphatic rings. The van der Waals surface area contributed by atoms with Gasteiger partial charge in [0.1, 0.15) is 6.04 Å². The Kier molecular flexibility index (Phi) is 9.89. The molecule has 1 aromatic rings. The number of benzene rings is 1. The average Bonchev–Trinajstić information content (AvgIpc) is 2.74. The monoisotopic (exact) mass is 449 g/mol. The number of nitrogens with zero attached hydrogens (tertiary/aromatic N) is 1. The van der Waals surface area contributed by atoms with Gasteiger partial charge < -0.3 is 25.0 Å². The molecule has 31 heavy (non-hydrogen) atoms. The van der Waals surface area contributed by atoms with E-state index in [0.717, 1.165) is 5.56 Å². The number of esters is 2. The maximum Gasteiger partial charge on any atom is 0.308 e. The van der Waals surface area contributed by atoms with Gasteiger partial charge >= 0.3 is 11.9 Å². The Labute approximate surface area is 186 Å². The van der Waals surface area contributed by atoms with Gasteiger partial charge in [-0.1, -0.05) is 30.3 Å². The first-order chi connectivity index (χ1) is 14.9. The van der Waals surface area contributed by atoms with Crippen molar-refractivity contribution in [2.24, 2.45) is 0 Å². The molecule has 0 bridgehead atoms. The molecular weight excluding hydrogens is 422 g/mol. The van der Waals surface area contributed by atoms with Gasteiger partial charge in [-0.05, 0) is 24.7 Å². The second-order valence-electron chi connectivity index (χ2n) is 6.82. The first-order valence-corrected chi connectivity index (χ1v) is 10.5. The minimum Gasteiger partial charge on any atom is -0.466 e. The number of rotatable bonds is 9. The fourth-order valence-corrected chi connectivity index (χ4v) is 3.34. The molecule has 1 aliphatic heterocycles. The lowest BCUT2D eigenvalue weighted by Gasteiger charge is -2.36. The van der Waals surface area contributed by atoms with Gasteiger partial charge in [0.25, 0.3) is 0 Å². The molecule has 2 rings (SSSR count). The van der Waals surface area contributed by atoms with E-state index >= 15 is 0 Å². The molecule has 168 valence electrons. The fourth-order valence-electron chi connectivity index (χ4n) is 3.01. The Balaban J connectivity index is 1.84. The molecule has 10 heteroatoms. The van der Waals surface area contributed by atoms with Crippen LogP contribution in [0.1, 0.15) is 31.7 Å². The molecule has 0 saturated carbocycles. The number of hydrogen-bond donors (Lipinski definition) is 2. The summed E-state index contributed by atoms with van der Waals surface area (Å²) in [6.07, 6.45) is 0.215. The molecular formula is C21H27N3O6S. The summed E-state index contributed by atoms with van der Waals surface area (Å²) in [6.45, 7) is 2.79. The molecule has 1 fully saturated rings. The quantitative estimate of drug-likeness (QED) is 0.419. The van der Waals surface area contributed by atoms with Crippen LogP contribution in [0, 0.1) is 0 Å². The highest BCUT2D eigenvalue weighted by Gasteiger charge is 2.34. The van der Waals surface area contributed by atoms with Gasteiger partial charge in [-0.2, -0.15) is 0 Å². The van der Waals surface area contributed by atoms with Crippen molar-refractivity contribution in [1.82, 2.24) is 15.5 Å². The summed E-state index contributed by atoms with van der Waals surface area (Å²) in [5, 5.41) is 5.24. The van der Waals surface area contributed by atoms with Crippen molar-refractivity contribution in [1.29, 1.82) is 0 Å². The predicted octanol–water partition coefficient (Wildman–Crippen LogP) is 0.707. The van der Waals surface area contributed by atoms with Crippen LogP contribution in [0.25, 0.3) is 0 Å². The summed E-state index contributed by atoms with van der Waals surface area (Å²) in [5.41, 5.74) is 1.04. The lowest BCUT2D eigenvalue weighted by Crippen LogP contribution is -2.60. The molecule has 0 aliphatic carbocycles. The second kappa shape index (κ2) is 12.6. The number of carbonyl (C=O) groups is 4. The Morgan fingerprint density at radius 3 is 2.61 bits per heavy atom. The van der Waals surface area contributed by atoms with Gasteiger partial charge in [0.2, 0.25) is 11.8 Å². The third-order valence-electron chi connectivity index (χ3n) is 4.56. The van der Waals surface area contributed by atoms with Gasteiger partial charge in [-0.15, -0.1) is 0 Å². The number of amides is 2. The molecule has 2 amide bonds. The summed E-state index contributed by atoms with van der Waals surface area (Å²) in [5.74, 6) is -1.83. The number of nitrogens with one attached hydrogen (secondary N) is 2. The molecule has 1 aromatic carbocycles. The zero-order valence-electron chi connectivity index (χ0n) is 17.4. The van der Waals surface area contributed by atoms with Crippen LogP contribution in [-0.2, 0) is 35.1 Å². The Hall–Kier alpha value is -3.01. The van der Waals surface area contributed by atoms with E-state index in [1.165, 1.54) is 4.90 Å². The average molecular weight is 450 g/mol. The van der Waals surface area contributed by atoms with E-state index in [9.17, 15) is 19.2 Å². The van der Waals surface area contributed by atoms with Gasteiger partial charge in [0, 0.05) is 25.9 Å². The highest BCUT2D eigenvalue weighted by Crippen LogP contribution is 2.11. The van der Waals surface area contributed by atoms with Crippen LogP contribution in [0.4, 0.5) is 0 Å². The van der Waals surface area contributed by atoms with E-state index in [1.807, 2.05) is 30.3 Å². The van der Waals surface area contributed by atoms with Crippen LogP contribution in [-0.4, -0.2) is 66.1 Å². The zero-order chi connectivity index (χ0) is 22.6. The maximum absolute atomic E-state index is 12.3. The van der Waals surface area contributed by atoms with Crippen molar-refractivity contribution in [3.05, 3.63) is 35.9 Å². The lowest BCUT2D eigenvalue weighted by molar-refractivity contribution is -0.147. The van der Waals surface area contributed by atoms with Gasteiger partial charge in [-0.25, -0.2) is 0 Å². The maximum atomic E-state index is 12.3. The summed E-state index contributed by atoms with van der Waals surface area (Å²) >= 11 is 5.26. The van der Waals surface area contributed by atoms with E-state index in [0.29, 0.717) is 19.5 Å². The number of thiocarbonyl (C=S) groups is 1. The van der Waals surface area contributed by atoms with Crippen LogP contribution in [0.15, 0.2) is 30.3 Å². The fraction of sp³-hybridized carbons (Fsp3) is 0.476. The predicted molar refractivity (Wildman–Crippen MR) is 116 cm³/mol. The van der Waals surface area contributed by atoms with Gasteiger partial charge in [0.05, 0.1) is 26.1 Å². The first-order valence-electron chi connectivity index (χ1n) is 10.1. The van der Waals surface area contributed by atoms with Crippen LogP contribution < -0.4 is 10.6 Å². The summed E-state index contributed by atoms with van der Waals surface area (Å²) in [7, 11) is 0. The van der Waals surface area contributed by atoms with E-state index in [-0.39, 0.29) is 43.5 Å². The lowest BCUT2D eigenvalue weighted by atomic mass is 10.1. The molecule has 1 atom stereocenters. The normalized spacial score (nSPS) is 15.6. The van der Waals surface area contributed by atoms with Crippen LogP contribution >= 0.6 is 12.2 Å². The molecule has 9 nitrogen and oxygen atoms in total. The highest BCUT2D eigenvalue weighted by atomic mass is 32.1. The molecule has 1 saturated heterocycles. The Morgan fingerprint density at radius 1 is 1.16 bits per heavy atom. The van der Waals surface area contributed by atoms with Gasteiger partial charge in [0.15, 0.2) is 5.11 Å². The highest BCUT2D eigenvalue weighted by molar-refractivity contribution is 7.80. The minimum atomic E-state index is -0.879. The molecule has 0 unspecified atom stereocenters. The van der Waals surface area contributed by atoms with E-state index < -0.39 is 23.9 Å². The number of ether oxygens (including phenoxy) is 2. The number of piperazine rings is 1. The third kappa shape index (κ3) is 8.33. The molecule has 0 spiro atoms. The summed E-state index contributed by atoms with van der Waals surface area (Å²) in [6, 6.07) is 8.72. The summed E-state index contributed by atoms with van der Waals surface area (Å²) in [4.78, 5) is 49.5. The molecule has 0 radical (unpaired) electrons.